The van der Waals surface area contributed by atoms with Gasteiger partial charge in [-0.2, -0.15) is 4.31 Å². The van der Waals surface area contributed by atoms with Crippen LogP contribution in [0, 0.1) is 0 Å². The molecule has 1 aliphatic rings. The maximum atomic E-state index is 12.9. The predicted octanol–water partition coefficient (Wildman–Crippen LogP) is 4.90. The number of nitrogens with zero attached hydrogens (tertiary/aromatic N) is 3. The van der Waals surface area contributed by atoms with Gasteiger partial charge in [0.1, 0.15) is 21.2 Å². The SMILES string of the molecule is O=S(=O)(c1cccs1)N1CCc2c(sc3ncnc(Nc4cccc(Cl)c4)c23)C1. The number of thiophene rings is 2. The van der Waals surface area contributed by atoms with Crippen molar-refractivity contribution in [2.45, 2.75) is 17.2 Å². The number of halogens is 1. The highest BCUT2D eigenvalue weighted by Gasteiger charge is 2.32. The van der Waals surface area contributed by atoms with Gasteiger partial charge in [0.25, 0.3) is 10.0 Å². The van der Waals surface area contributed by atoms with Crippen LogP contribution in [-0.4, -0.2) is 29.2 Å². The molecule has 6 nitrogen and oxygen atoms in total. The van der Waals surface area contributed by atoms with E-state index in [1.54, 1.807) is 21.8 Å². The fourth-order valence-electron chi connectivity index (χ4n) is 3.44. The number of hydrogen-bond donors (Lipinski definition) is 1. The summed E-state index contributed by atoms with van der Waals surface area (Å²) in [4.78, 5) is 10.7. The van der Waals surface area contributed by atoms with Crippen molar-refractivity contribution in [2.75, 3.05) is 11.9 Å². The fraction of sp³-hybridized carbons (Fsp3) is 0.158. The van der Waals surface area contributed by atoms with Gasteiger partial charge in [0.15, 0.2) is 0 Å². The molecule has 1 aliphatic heterocycles. The van der Waals surface area contributed by atoms with E-state index >= 15 is 0 Å². The maximum absolute atomic E-state index is 12.9. The van der Waals surface area contributed by atoms with Gasteiger partial charge in [0, 0.05) is 28.7 Å². The van der Waals surface area contributed by atoms with Crippen LogP contribution >= 0.6 is 34.3 Å². The summed E-state index contributed by atoms with van der Waals surface area (Å²) in [6.07, 6.45) is 2.15. The van der Waals surface area contributed by atoms with Crippen molar-refractivity contribution in [3.05, 3.63) is 63.6 Å². The van der Waals surface area contributed by atoms with Crippen LogP contribution in [0.25, 0.3) is 10.2 Å². The molecule has 1 N–H and O–H groups in total. The molecule has 0 aliphatic carbocycles. The summed E-state index contributed by atoms with van der Waals surface area (Å²) >= 11 is 8.86. The third-order valence-corrected chi connectivity index (χ3v) is 9.36. The summed E-state index contributed by atoms with van der Waals surface area (Å²) in [5.74, 6) is 0.712. The summed E-state index contributed by atoms with van der Waals surface area (Å²) in [6, 6.07) is 10.9. The zero-order valence-corrected chi connectivity index (χ0v) is 18.2. The molecule has 3 aromatic heterocycles. The Hall–Kier alpha value is -2.04. The van der Waals surface area contributed by atoms with E-state index in [0.717, 1.165) is 26.3 Å². The molecule has 0 unspecified atom stereocenters. The second kappa shape index (κ2) is 7.33. The lowest BCUT2D eigenvalue weighted by Gasteiger charge is -2.25. The summed E-state index contributed by atoms with van der Waals surface area (Å²) in [5, 5.41) is 6.71. The van der Waals surface area contributed by atoms with Crippen LogP contribution in [0.15, 0.2) is 52.3 Å². The van der Waals surface area contributed by atoms with Gasteiger partial charge in [-0.05, 0) is 41.6 Å². The normalized spacial score (nSPS) is 14.8. The van der Waals surface area contributed by atoms with Crippen LogP contribution in [0.4, 0.5) is 11.5 Å². The number of benzene rings is 1. The first-order valence-electron chi connectivity index (χ1n) is 8.84. The molecule has 5 rings (SSSR count). The van der Waals surface area contributed by atoms with Crippen LogP contribution in [0.1, 0.15) is 10.4 Å². The van der Waals surface area contributed by atoms with Crippen molar-refractivity contribution in [3.63, 3.8) is 0 Å². The molecule has 29 heavy (non-hydrogen) atoms. The van der Waals surface area contributed by atoms with E-state index in [1.807, 2.05) is 24.3 Å². The molecule has 4 heterocycles. The Morgan fingerprint density at radius 2 is 2.07 bits per heavy atom. The predicted molar refractivity (Wildman–Crippen MR) is 118 cm³/mol. The van der Waals surface area contributed by atoms with E-state index in [0.29, 0.717) is 34.6 Å². The smallest absolute Gasteiger partial charge is 0.252 e. The van der Waals surface area contributed by atoms with Gasteiger partial charge >= 0.3 is 0 Å². The molecular formula is C19H15ClN4O2S3. The highest BCUT2D eigenvalue weighted by atomic mass is 35.5. The summed E-state index contributed by atoms with van der Waals surface area (Å²) in [5.41, 5.74) is 1.96. The first kappa shape index (κ1) is 19.0. The second-order valence-corrected chi connectivity index (χ2v) is 11.2. The average molecular weight is 463 g/mol. The van der Waals surface area contributed by atoms with E-state index < -0.39 is 10.0 Å². The Morgan fingerprint density at radius 3 is 2.86 bits per heavy atom. The molecule has 0 fully saturated rings. The van der Waals surface area contributed by atoms with Crippen LogP contribution in [0.5, 0.6) is 0 Å². The third kappa shape index (κ3) is 3.43. The lowest BCUT2D eigenvalue weighted by Crippen LogP contribution is -2.34. The van der Waals surface area contributed by atoms with Crippen molar-refractivity contribution in [3.8, 4) is 0 Å². The zero-order valence-electron chi connectivity index (χ0n) is 15.0. The van der Waals surface area contributed by atoms with E-state index in [1.165, 1.54) is 29.0 Å². The third-order valence-electron chi connectivity index (χ3n) is 4.78. The van der Waals surface area contributed by atoms with E-state index in [9.17, 15) is 8.42 Å². The lowest BCUT2D eigenvalue weighted by molar-refractivity contribution is 0.397. The monoisotopic (exact) mass is 462 g/mol. The van der Waals surface area contributed by atoms with Crippen molar-refractivity contribution >= 4 is 66.0 Å². The van der Waals surface area contributed by atoms with Gasteiger partial charge in [-0.15, -0.1) is 22.7 Å². The van der Waals surface area contributed by atoms with E-state index in [2.05, 4.69) is 15.3 Å². The maximum Gasteiger partial charge on any atom is 0.252 e. The minimum atomic E-state index is -3.47. The number of fused-ring (bicyclic) bond motifs is 3. The van der Waals surface area contributed by atoms with Gasteiger partial charge in [0.05, 0.1) is 5.39 Å². The summed E-state index contributed by atoms with van der Waals surface area (Å²) in [6.45, 7) is 0.789. The van der Waals surface area contributed by atoms with Gasteiger partial charge < -0.3 is 5.32 Å². The average Bonchev–Trinajstić information content (AvgIpc) is 3.36. The molecule has 0 amide bonds. The quantitative estimate of drug-likeness (QED) is 0.467. The number of hydrogen-bond acceptors (Lipinski definition) is 7. The van der Waals surface area contributed by atoms with E-state index in [4.69, 9.17) is 11.6 Å². The molecular weight excluding hydrogens is 448 g/mol. The number of aromatic nitrogens is 2. The van der Waals surface area contributed by atoms with Gasteiger partial charge in [-0.25, -0.2) is 18.4 Å². The number of sulfonamides is 1. The Bertz CT molecular complexity index is 1300. The highest BCUT2D eigenvalue weighted by molar-refractivity contribution is 7.91. The van der Waals surface area contributed by atoms with Gasteiger partial charge in [-0.1, -0.05) is 23.7 Å². The number of nitrogens with one attached hydrogen (secondary N) is 1. The topological polar surface area (TPSA) is 75.2 Å². The Labute approximate surface area is 180 Å². The van der Waals surface area contributed by atoms with Crippen molar-refractivity contribution < 1.29 is 8.42 Å². The van der Waals surface area contributed by atoms with Crippen LogP contribution in [0.3, 0.4) is 0 Å². The molecule has 4 aromatic rings. The molecule has 0 radical (unpaired) electrons. The molecule has 0 saturated heterocycles. The molecule has 0 bridgehead atoms. The zero-order chi connectivity index (χ0) is 20.0. The number of rotatable bonds is 4. The van der Waals surface area contributed by atoms with Gasteiger partial charge in [0.2, 0.25) is 0 Å². The minimum Gasteiger partial charge on any atom is -0.340 e. The van der Waals surface area contributed by atoms with Crippen molar-refractivity contribution in [2.24, 2.45) is 0 Å². The molecule has 148 valence electrons. The molecule has 0 atom stereocenters. The fourth-order valence-corrected chi connectivity index (χ4v) is 7.47. The first-order chi connectivity index (χ1) is 14.0. The Balaban J connectivity index is 1.52. The minimum absolute atomic E-state index is 0.354. The molecule has 0 saturated carbocycles. The van der Waals surface area contributed by atoms with Crippen LogP contribution < -0.4 is 5.32 Å². The van der Waals surface area contributed by atoms with Crippen molar-refractivity contribution in [1.82, 2.24) is 14.3 Å². The Kier molecular flexibility index (Phi) is 4.79. The summed E-state index contributed by atoms with van der Waals surface area (Å²) in [7, 11) is -3.47. The number of anilines is 2. The lowest BCUT2D eigenvalue weighted by atomic mass is 10.1. The molecule has 10 heteroatoms. The summed E-state index contributed by atoms with van der Waals surface area (Å²) < 4.78 is 27.7. The standard InChI is InChI=1S/C19H15ClN4O2S3/c20-12-3-1-4-13(9-12)23-18-17-14-6-7-24(29(25,26)16-5-2-8-27-16)10-15(14)28-19(17)22-11-21-18/h1-5,8-9,11H,6-7,10H2,(H,21,22,23). The Morgan fingerprint density at radius 1 is 1.17 bits per heavy atom. The molecule has 1 aromatic carbocycles. The van der Waals surface area contributed by atoms with Crippen LogP contribution in [0.2, 0.25) is 5.02 Å². The highest BCUT2D eigenvalue weighted by Crippen LogP contribution is 2.39. The largest absolute Gasteiger partial charge is 0.340 e. The van der Waals surface area contributed by atoms with E-state index in [-0.39, 0.29) is 0 Å². The second-order valence-electron chi connectivity index (χ2n) is 6.56. The van der Waals surface area contributed by atoms with Crippen LogP contribution in [-0.2, 0) is 23.0 Å². The van der Waals surface area contributed by atoms with Crippen molar-refractivity contribution in [1.29, 1.82) is 0 Å². The first-order valence-corrected chi connectivity index (χ1v) is 12.4. The van der Waals surface area contributed by atoms with Gasteiger partial charge in [-0.3, -0.25) is 0 Å². The molecule has 0 spiro atoms.